The highest BCUT2D eigenvalue weighted by molar-refractivity contribution is 9.10. The summed E-state index contributed by atoms with van der Waals surface area (Å²) >= 11 is 3.46. The molecular weight excluding hydrogens is 308 g/mol. The van der Waals surface area contributed by atoms with Crippen LogP contribution in [0.2, 0.25) is 0 Å². The quantitative estimate of drug-likeness (QED) is 0.790. The van der Waals surface area contributed by atoms with Crippen LogP contribution in [0.3, 0.4) is 0 Å². The summed E-state index contributed by atoms with van der Waals surface area (Å²) in [5.41, 5.74) is 0.652. The smallest absolute Gasteiger partial charge is 0.310 e. The third kappa shape index (κ3) is 3.50. The van der Waals surface area contributed by atoms with Gasteiger partial charge in [0.15, 0.2) is 0 Å². The van der Waals surface area contributed by atoms with Crippen LogP contribution < -0.4 is 4.74 Å². The number of rotatable bonds is 3. The predicted molar refractivity (Wildman–Crippen MR) is 77.4 cm³/mol. The standard InChI is InChI=1S/C15H19BrO3/c1-15(2,3)19-14(17)12-8-10(12)11-7-9(16)5-6-13(11)18-4/h5-7,10,12H,8H2,1-4H3. The minimum atomic E-state index is -0.425. The molecule has 2 unspecified atom stereocenters. The van der Waals surface area contributed by atoms with E-state index in [1.807, 2.05) is 39.0 Å². The molecule has 1 aliphatic rings. The third-order valence-electron chi connectivity index (χ3n) is 3.09. The van der Waals surface area contributed by atoms with Gasteiger partial charge in [0.2, 0.25) is 0 Å². The minimum Gasteiger partial charge on any atom is -0.496 e. The number of methoxy groups -OCH3 is 1. The van der Waals surface area contributed by atoms with Crippen LogP contribution in [-0.4, -0.2) is 18.7 Å². The van der Waals surface area contributed by atoms with Crippen molar-refractivity contribution in [2.45, 2.75) is 38.7 Å². The molecule has 0 saturated heterocycles. The van der Waals surface area contributed by atoms with Gasteiger partial charge in [-0.05, 0) is 51.0 Å². The first-order valence-electron chi connectivity index (χ1n) is 6.38. The monoisotopic (exact) mass is 326 g/mol. The zero-order valence-corrected chi connectivity index (χ0v) is 13.3. The Morgan fingerprint density at radius 2 is 2.05 bits per heavy atom. The van der Waals surface area contributed by atoms with Gasteiger partial charge in [-0.15, -0.1) is 0 Å². The Bertz CT molecular complexity index is 491. The molecule has 0 radical (unpaired) electrons. The van der Waals surface area contributed by atoms with Crippen molar-refractivity contribution < 1.29 is 14.3 Å². The van der Waals surface area contributed by atoms with E-state index in [1.165, 1.54) is 0 Å². The van der Waals surface area contributed by atoms with Gasteiger partial charge < -0.3 is 9.47 Å². The normalized spacial score (nSPS) is 21.9. The molecule has 0 bridgehead atoms. The van der Waals surface area contributed by atoms with Crippen LogP contribution in [-0.2, 0) is 9.53 Å². The summed E-state index contributed by atoms with van der Waals surface area (Å²) in [7, 11) is 1.65. The van der Waals surface area contributed by atoms with Crippen LogP contribution in [0.5, 0.6) is 5.75 Å². The molecule has 1 fully saturated rings. The molecule has 1 aromatic carbocycles. The highest BCUT2D eigenvalue weighted by Crippen LogP contribution is 2.51. The SMILES string of the molecule is COc1ccc(Br)cc1C1CC1C(=O)OC(C)(C)C. The summed E-state index contributed by atoms with van der Waals surface area (Å²) in [6.07, 6.45) is 0.835. The Kier molecular flexibility index (Phi) is 3.90. The molecule has 2 rings (SSSR count). The highest BCUT2D eigenvalue weighted by atomic mass is 79.9. The van der Waals surface area contributed by atoms with E-state index < -0.39 is 5.60 Å². The zero-order valence-electron chi connectivity index (χ0n) is 11.7. The summed E-state index contributed by atoms with van der Waals surface area (Å²) in [5, 5.41) is 0. The average Bonchev–Trinajstić information content (AvgIpc) is 3.06. The number of carbonyl (C=O) groups is 1. The van der Waals surface area contributed by atoms with Gasteiger partial charge in [0.25, 0.3) is 0 Å². The van der Waals surface area contributed by atoms with Gasteiger partial charge in [-0.2, -0.15) is 0 Å². The lowest BCUT2D eigenvalue weighted by Gasteiger charge is -2.19. The van der Waals surface area contributed by atoms with Crippen LogP contribution >= 0.6 is 15.9 Å². The van der Waals surface area contributed by atoms with Crippen molar-refractivity contribution in [3.63, 3.8) is 0 Å². The number of ether oxygens (including phenoxy) is 2. The maximum absolute atomic E-state index is 12.0. The Morgan fingerprint density at radius 3 is 2.63 bits per heavy atom. The second-order valence-corrected chi connectivity index (χ2v) is 6.78. The summed E-state index contributed by atoms with van der Waals surface area (Å²) < 4.78 is 11.8. The van der Waals surface area contributed by atoms with Crippen molar-refractivity contribution in [3.8, 4) is 5.75 Å². The first-order chi connectivity index (χ1) is 8.81. The fourth-order valence-electron chi connectivity index (χ4n) is 2.17. The second kappa shape index (κ2) is 5.16. The molecule has 0 N–H and O–H groups in total. The highest BCUT2D eigenvalue weighted by Gasteiger charge is 2.47. The topological polar surface area (TPSA) is 35.5 Å². The second-order valence-electron chi connectivity index (χ2n) is 5.87. The van der Waals surface area contributed by atoms with Gasteiger partial charge in [-0.1, -0.05) is 15.9 Å². The Morgan fingerprint density at radius 1 is 1.37 bits per heavy atom. The minimum absolute atomic E-state index is 0.0394. The lowest BCUT2D eigenvalue weighted by atomic mass is 10.1. The molecule has 1 aliphatic carbocycles. The van der Waals surface area contributed by atoms with Crippen molar-refractivity contribution in [2.24, 2.45) is 5.92 Å². The first kappa shape index (κ1) is 14.4. The first-order valence-corrected chi connectivity index (χ1v) is 7.17. The Hall–Kier alpha value is -1.03. The van der Waals surface area contributed by atoms with Gasteiger partial charge in [-0.3, -0.25) is 4.79 Å². The molecule has 0 heterocycles. The number of esters is 1. The molecule has 3 nitrogen and oxygen atoms in total. The average molecular weight is 327 g/mol. The van der Waals surface area contributed by atoms with Crippen molar-refractivity contribution in [2.75, 3.05) is 7.11 Å². The fraction of sp³-hybridized carbons (Fsp3) is 0.533. The molecule has 104 valence electrons. The zero-order chi connectivity index (χ0) is 14.2. The summed E-state index contributed by atoms with van der Waals surface area (Å²) in [6, 6.07) is 5.88. The van der Waals surface area contributed by atoms with E-state index in [4.69, 9.17) is 9.47 Å². The van der Waals surface area contributed by atoms with Gasteiger partial charge in [0.1, 0.15) is 11.4 Å². The molecule has 1 aromatic rings. The van der Waals surface area contributed by atoms with Crippen molar-refractivity contribution in [1.29, 1.82) is 0 Å². The molecule has 2 atom stereocenters. The molecule has 19 heavy (non-hydrogen) atoms. The Labute approximate surface area is 122 Å². The number of benzene rings is 1. The number of hydrogen-bond donors (Lipinski definition) is 0. The van der Waals surface area contributed by atoms with E-state index in [-0.39, 0.29) is 17.8 Å². The van der Waals surface area contributed by atoms with E-state index in [1.54, 1.807) is 7.11 Å². The van der Waals surface area contributed by atoms with E-state index in [0.717, 1.165) is 22.2 Å². The van der Waals surface area contributed by atoms with Crippen LogP contribution in [0.25, 0.3) is 0 Å². The Balaban J connectivity index is 2.11. The van der Waals surface area contributed by atoms with E-state index in [9.17, 15) is 4.79 Å². The van der Waals surface area contributed by atoms with E-state index in [2.05, 4.69) is 15.9 Å². The van der Waals surface area contributed by atoms with Crippen LogP contribution in [0.1, 0.15) is 38.7 Å². The molecule has 1 saturated carbocycles. The van der Waals surface area contributed by atoms with Gasteiger partial charge >= 0.3 is 5.97 Å². The van der Waals surface area contributed by atoms with Gasteiger partial charge in [-0.25, -0.2) is 0 Å². The molecule has 0 spiro atoms. The van der Waals surface area contributed by atoms with Crippen molar-refractivity contribution in [1.82, 2.24) is 0 Å². The number of halogens is 1. The molecule has 4 heteroatoms. The molecule has 0 amide bonds. The van der Waals surface area contributed by atoms with Crippen molar-refractivity contribution >= 4 is 21.9 Å². The lowest BCUT2D eigenvalue weighted by molar-refractivity contribution is -0.156. The van der Waals surface area contributed by atoms with Crippen molar-refractivity contribution in [3.05, 3.63) is 28.2 Å². The molecule has 0 aromatic heterocycles. The van der Waals surface area contributed by atoms with Crippen LogP contribution in [0.4, 0.5) is 0 Å². The predicted octanol–water partition coefficient (Wildman–Crippen LogP) is 3.90. The summed E-state index contributed by atoms with van der Waals surface area (Å²) in [5.74, 6) is 0.892. The number of hydrogen-bond acceptors (Lipinski definition) is 3. The fourth-order valence-corrected chi connectivity index (χ4v) is 2.55. The van der Waals surface area contributed by atoms with Gasteiger partial charge in [0, 0.05) is 10.4 Å². The summed E-state index contributed by atoms with van der Waals surface area (Å²) in [6.45, 7) is 5.67. The molecular formula is C15H19BrO3. The van der Waals surface area contributed by atoms with Crippen LogP contribution in [0, 0.1) is 5.92 Å². The lowest BCUT2D eigenvalue weighted by Crippen LogP contribution is -2.25. The maximum atomic E-state index is 12.0. The van der Waals surface area contributed by atoms with E-state index in [0.29, 0.717) is 0 Å². The van der Waals surface area contributed by atoms with Crippen LogP contribution in [0.15, 0.2) is 22.7 Å². The summed E-state index contributed by atoms with van der Waals surface area (Å²) in [4.78, 5) is 12.0. The third-order valence-corrected chi connectivity index (χ3v) is 3.58. The van der Waals surface area contributed by atoms with E-state index >= 15 is 0 Å². The molecule has 0 aliphatic heterocycles. The van der Waals surface area contributed by atoms with Gasteiger partial charge in [0.05, 0.1) is 13.0 Å². The number of carbonyl (C=O) groups excluding carboxylic acids is 1. The maximum Gasteiger partial charge on any atom is 0.310 e. The largest absolute Gasteiger partial charge is 0.496 e.